The zero-order valence-electron chi connectivity index (χ0n) is 13.1. The van der Waals surface area contributed by atoms with E-state index in [9.17, 15) is 13.2 Å². The van der Waals surface area contributed by atoms with Crippen LogP contribution >= 0.6 is 11.3 Å². The first-order valence-electron chi connectivity index (χ1n) is 7.12. The number of hydrogen-bond acceptors (Lipinski definition) is 6. The fraction of sp³-hybridized carbons (Fsp3) is 0.357. The molecule has 0 aliphatic carbocycles. The number of nitrogens with one attached hydrogen (secondary N) is 2. The van der Waals surface area contributed by atoms with Crippen molar-refractivity contribution in [3.8, 4) is 0 Å². The molecule has 0 aliphatic heterocycles. The normalized spacial score (nSPS) is 11.3. The minimum Gasteiger partial charge on any atom is -0.301 e. The highest BCUT2D eigenvalue weighted by Crippen LogP contribution is 2.27. The molecule has 0 saturated heterocycles. The van der Waals surface area contributed by atoms with E-state index in [1.807, 2.05) is 32.0 Å². The topological polar surface area (TPSA) is 101 Å². The molecule has 0 fully saturated rings. The second-order valence-electron chi connectivity index (χ2n) is 4.84. The lowest BCUT2D eigenvalue weighted by Gasteiger charge is -2.12. The quantitative estimate of drug-likeness (QED) is 0.776. The Bertz CT molecular complexity index is 815. The monoisotopic (exact) mass is 354 g/mol. The van der Waals surface area contributed by atoms with Gasteiger partial charge in [0.1, 0.15) is 0 Å². The smallest absolute Gasteiger partial charge is 0.291 e. The first-order valence-corrected chi connectivity index (χ1v) is 9.42. The lowest BCUT2D eigenvalue weighted by atomic mass is 10.1. The van der Waals surface area contributed by atoms with Crippen LogP contribution in [0.5, 0.6) is 0 Å². The predicted molar refractivity (Wildman–Crippen MR) is 90.2 cm³/mol. The summed E-state index contributed by atoms with van der Waals surface area (Å²) in [5.74, 6) is -0.245. The highest BCUT2D eigenvalue weighted by atomic mass is 32.2. The van der Waals surface area contributed by atoms with E-state index in [0.717, 1.165) is 22.5 Å². The Labute approximate surface area is 139 Å². The number of amides is 1. The molecule has 7 nitrogen and oxygen atoms in total. The van der Waals surface area contributed by atoms with E-state index in [1.54, 1.807) is 6.92 Å². The number of carbonyl (C=O) groups is 1. The number of aryl methyl sites for hydroxylation is 2. The summed E-state index contributed by atoms with van der Waals surface area (Å²) in [6, 6.07) is 5.59. The third kappa shape index (κ3) is 4.05. The van der Waals surface area contributed by atoms with Crippen LogP contribution in [0, 0.1) is 6.92 Å². The molecule has 1 aromatic heterocycles. The van der Waals surface area contributed by atoms with Gasteiger partial charge in [0.25, 0.3) is 14.4 Å². The summed E-state index contributed by atoms with van der Waals surface area (Å²) in [6.07, 6.45) is 0.983. The molecule has 1 heterocycles. The van der Waals surface area contributed by atoms with Crippen molar-refractivity contribution in [3.63, 3.8) is 0 Å². The number of rotatable bonds is 6. The van der Waals surface area contributed by atoms with Gasteiger partial charge in [0.15, 0.2) is 0 Å². The van der Waals surface area contributed by atoms with Gasteiger partial charge in [-0.15, -0.1) is 10.2 Å². The summed E-state index contributed by atoms with van der Waals surface area (Å²) in [5, 5.41) is 10.0. The minimum atomic E-state index is -3.85. The third-order valence-electron chi connectivity index (χ3n) is 3.18. The Balaban J connectivity index is 2.28. The molecule has 0 atom stereocenters. The second-order valence-corrected chi connectivity index (χ2v) is 7.68. The summed E-state index contributed by atoms with van der Waals surface area (Å²) in [6.45, 7) is 5.49. The fourth-order valence-corrected chi connectivity index (χ4v) is 4.01. The summed E-state index contributed by atoms with van der Waals surface area (Å²) in [7, 11) is -3.85. The Hall–Kier alpha value is -2.00. The minimum absolute atomic E-state index is 0.165. The number of hydrogen-bond donors (Lipinski definition) is 2. The van der Waals surface area contributed by atoms with Gasteiger partial charge in [0, 0.05) is 6.42 Å². The van der Waals surface area contributed by atoms with Crippen molar-refractivity contribution in [3.05, 3.63) is 29.3 Å². The van der Waals surface area contributed by atoms with Crippen LogP contribution in [0.15, 0.2) is 22.5 Å². The number of carbonyl (C=O) groups excluding carboxylic acids is 1. The SMILES string of the molecule is CCC(=O)Nc1nnc(S(=O)(=O)Nc2c(C)cccc2CC)s1. The molecule has 2 N–H and O–H groups in total. The first-order chi connectivity index (χ1) is 10.9. The van der Waals surface area contributed by atoms with Crippen LogP contribution in [0.2, 0.25) is 0 Å². The zero-order chi connectivity index (χ0) is 17.0. The van der Waals surface area contributed by atoms with Crippen LogP contribution in [0.4, 0.5) is 10.8 Å². The van der Waals surface area contributed by atoms with Gasteiger partial charge in [-0.2, -0.15) is 8.42 Å². The molecule has 124 valence electrons. The fourth-order valence-electron chi connectivity index (χ4n) is 1.92. The maximum atomic E-state index is 12.5. The number of para-hydroxylation sites is 1. The molecule has 0 bridgehead atoms. The molecule has 0 radical (unpaired) electrons. The van der Waals surface area contributed by atoms with E-state index >= 15 is 0 Å². The summed E-state index contributed by atoms with van der Waals surface area (Å²) >= 11 is 0.817. The number of anilines is 2. The maximum Gasteiger partial charge on any atom is 0.291 e. The predicted octanol–water partition coefficient (Wildman–Crippen LogP) is 2.56. The van der Waals surface area contributed by atoms with Crippen LogP contribution in [-0.2, 0) is 21.2 Å². The highest BCUT2D eigenvalue weighted by molar-refractivity contribution is 7.94. The molecular formula is C14H18N4O3S2. The molecular weight excluding hydrogens is 336 g/mol. The van der Waals surface area contributed by atoms with Gasteiger partial charge in [-0.25, -0.2) is 0 Å². The van der Waals surface area contributed by atoms with Crippen molar-refractivity contribution in [2.24, 2.45) is 0 Å². The van der Waals surface area contributed by atoms with Crippen LogP contribution < -0.4 is 10.0 Å². The average Bonchev–Trinajstić information content (AvgIpc) is 2.98. The van der Waals surface area contributed by atoms with Gasteiger partial charge in [0.05, 0.1) is 5.69 Å². The molecule has 0 spiro atoms. The van der Waals surface area contributed by atoms with E-state index in [1.165, 1.54) is 0 Å². The number of sulfonamides is 1. The molecule has 0 unspecified atom stereocenters. The van der Waals surface area contributed by atoms with Gasteiger partial charge in [-0.05, 0) is 24.5 Å². The Kier molecular flexibility index (Phi) is 5.32. The van der Waals surface area contributed by atoms with Crippen molar-refractivity contribution >= 4 is 38.1 Å². The molecule has 23 heavy (non-hydrogen) atoms. The molecule has 0 aliphatic rings. The Morgan fingerprint density at radius 2 is 2.00 bits per heavy atom. The number of aromatic nitrogens is 2. The lowest BCUT2D eigenvalue weighted by molar-refractivity contribution is -0.115. The van der Waals surface area contributed by atoms with E-state index in [2.05, 4.69) is 20.2 Å². The standard InChI is InChI=1S/C14H18N4O3S2/c1-4-10-8-6-7-9(3)12(10)18-23(20,21)14-17-16-13(22-14)15-11(19)5-2/h6-8,18H,4-5H2,1-3H3,(H,15,16,19). The summed E-state index contributed by atoms with van der Waals surface area (Å²) < 4.78 is 27.3. The van der Waals surface area contributed by atoms with E-state index < -0.39 is 10.0 Å². The number of benzene rings is 1. The highest BCUT2D eigenvalue weighted by Gasteiger charge is 2.22. The molecule has 1 amide bonds. The van der Waals surface area contributed by atoms with Crippen molar-refractivity contribution < 1.29 is 13.2 Å². The van der Waals surface area contributed by atoms with Crippen LogP contribution in [0.3, 0.4) is 0 Å². The number of nitrogens with zero attached hydrogens (tertiary/aromatic N) is 2. The Morgan fingerprint density at radius 3 is 2.65 bits per heavy atom. The average molecular weight is 354 g/mol. The lowest BCUT2D eigenvalue weighted by Crippen LogP contribution is -2.15. The molecule has 0 saturated carbocycles. The van der Waals surface area contributed by atoms with E-state index in [0.29, 0.717) is 12.1 Å². The van der Waals surface area contributed by atoms with Crippen molar-refractivity contribution in [2.45, 2.75) is 38.0 Å². The van der Waals surface area contributed by atoms with Crippen LogP contribution in [0.25, 0.3) is 0 Å². The summed E-state index contributed by atoms with van der Waals surface area (Å²) in [5.41, 5.74) is 2.29. The van der Waals surface area contributed by atoms with Crippen molar-refractivity contribution in [2.75, 3.05) is 10.0 Å². The molecule has 1 aromatic carbocycles. The second kappa shape index (κ2) is 7.05. The van der Waals surface area contributed by atoms with Crippen LogP contribution in [0.1, 0.15) is 31.4 Å². The van der Waals surface area contributed by atoms with E-state index in [4.69, 9.17) is 0 Å². The van der Waals surface area contributed by atoms with Crippen molar-refractivity contribution in [1.82, 2.24) is 10.2 Å². The first kappa shape index (κ1) is 17.4. The van der Waals surface area contributed by atoms with E-state index in [-0.39, 0.29) is 21.8 Å². The zero-order valence-corrected chi connectivity index (χ0v) is 14.7. The Morgan fingerprint density at radius 1 is 1.26 bits per heavy atom. The maximum absolute atomic E-state index is 12.5. The summed E-state index contributed by atoms with van der Waals surface area (Å²) in [4.78, 5) is 11.3. The van der Waals surface area contributed by atoms with Gasteiger partial charge in [-0.1, -0.05) is 43.4 Å². The third-order valence-corrected chi connectivity index (χ3v) is 5.74. The van der Waals surface area contributed by atoms with Gasteiger partial charge in [-0.3, -0.25) is 9.52 Å². The van der Waals surface area contributed by atoms with Crippen LogP contribution in [-0.4, -0.2) is 24.5 Å². The molecule has 2 rings (SSSR count). The van der Waals surface area contributed by atoms with Gasteiger partial charge in [0.2, 0.25) is 11.0 Å². The van der Waals surface area contributed by atoms with Crippen molar-refractivity contribution in [1.29, 1.82) is 0 Å². The molecule has 2 aromatic rings. The molecule has 9 heteroatoms. The largest absolute Gasteiger partial charge is 0.301 e. The van der Waals surface area contributed by atoms with Gasteiger partial charge < -0.3 is 5.32 Å². The van der Waals surface area contributed by atoms with Gasteiger partial charge >= 0.3 is 0 Å².